The molecule has 7 atom stereocenters. The lowest BCUT2D eigenvalue weighted by atomic mass is 9.37. The Morgan fingerprint density at radius 1 is 1.32 bits per heavy atom. The van der Waals surface area contributed by atoms with Gasteiger partial charge in [-0.05, 0) is 48.2 Å². The Labute approximate surface area is 164 Å². The number of esters is 1. The van der Waals surface area contributed by atoms with Crippen LogP contribution in [-0.2, 0) is 23.9 Å². The first-order valence-electron chi connectivity index (χ1n) is 10.0. The third-order valence-electron chi connectivity index (χ3n) is 8.41. The molecule has 150 valence electrons. The number of rotatable bonds is 1. The number of fused-ring (bicyclic) bond motifs is 2. The zero-order valence-electron chi connectivity index (χ0n) is 16.5. The van der Waals surface area contributed by atoms with Crippen LogP contribution in [-0.4, -0.2) is 41.1 Å². The Bertz CT molecular complexity index is 870. The molecular formula is C22H26O6. The molecule has 2 heterocycles. The monoisotopic (exact) mass is 386 g/mol. The number of ketones is 2. The Morgan fingerprint density at radius 3 is 2.71 bits per heavy atom. The highest BCUT2D eigenvalue weighted by molar-refractivity contribution is 6.06. The molecule has 2 spiro atoms. The van der Waals surface area contributed by atoms with Gasteiger partial charge in [-0.25, -0.2) is 0 Å². The molecule has 2 saturated heterocycles. The summed E-state index contributed by atoms with van der Waals surface area (Å²) in [6.07, 6.45) is 3.97. The summed E-state index contributed by atoms with van der Waals surface area (Å²) in [6, 6.07) is 0. The van der Waals surface area contributed by atoms with Crippen molar-refractivity contribution in [2.45, 2.75) is 51.9 Å². The molecule has 0 unspecified atom stereocenters. The van der Waals surface area contributed by atoms with E-state index in [0.717, 1.165) is 6.42 Å². The van der Waals surface area contributed by atoms with Gasteiger partial charge in [-0.3, -0.25) is 14.4 Å². The summed E-state index contributed by atoms with van der Waals surface area (Å²) in [6.45, 7) is 9.26. The summed E-state index contributed by atoms with van der Waals surface area (Å²) in [4.78, 5) is 39.1. The average Bonchev–Trinajstić information content (AvgIpc) is 2.81. The highest BCUT2D eigenvalue weighted by atomic mass is 16.7. The van der Waals surface area contributed by atoms with Crippen molar-refractivity contribution in [2.75, 3.05) is 6.61 Å². The predicted octanol–water partition coefficient (Wildman–Crippen LogP) is 1.96. The minimum atomic E-state index is -1.77. The van der Waals surface area contributed by atoms with Crippen molar-refractivity contribution < 1.29 is 29.0 Å². The molecule has 6 heteroatoms. The summed E-state index contributed by atoms with van der Waals surface area (Å²) in [5.74, 6) is -3.56. The lowest BCUT2D eigenvalue weighted by Gasteiger charge is -2.71. The van der Waals surface area contributed by atoms with Gasteiger partial charge >= 0.3 is 5.97 Å². The second-order valence-electron chi connectivity index (χ2n) is 9.89. The minimum absolute atomic E-state index is 0.0246. The van der Waals surface area contributed by atoms with Crippen LogP contribution in [0, 0.1) is 34.0 Å². The van der Waals surface area contributed by atoms with E-state index in [1.54, 1.807) is 6.08 Å². The lowest BCUT2D eigenvalue weighted by molar-refractivity contribution is -0.421. The number of allylic oxidation sites excluding steroid dienone is 3. The number of aliphatic hydroxyl groups excluding tert-OH is 1. The molecule has 4 aliphatic carbocycles. The smallest absolute Gasteiger partial charge is 0.305 e. The van der Waals surface area contributed by atoms with Crippen molar-refractivity contribution in [3.05, 3.63) is 24.3 Å². The predicted molar refractivity (Wildman–Crippen MR) is 97.7 cm³/mol. The van der Waals surface area contributed by atoms with Crippen LogP contribution >= 0.6 is 0 Å². The fraction of sp³-hybridized carbons (Fsp3) is 0.682. The number of carbonyl (C=O) groups excluding carboxylic acids is 3. The second kappa shape index (κ2) is 5.03. The van der Waals surface area contributed by atoms with Crippen LogP contribution in [0.2, 0.25) is 0 Å². The van der Waals surface area contributed by atoms with Crippen LogP contribution in [0.25, 0.3) is 0 Å². The van der Waals surface area contributed by atoms with E-state index in [1.165, 1.54) is 6.92 Å². The van der Waals surface area contributed by atoms with Gasteiger partial charge in [0.2, 0.25) is 0 Å². The number of hydrogen-bond acceptors (Lipinski definition) is 6. The molecule has 2 aliphatic heterocycles. The standard InChI is InChI=1S/C22H26O6/c1-11-13-5-6-14-20-10-27-22(28-12(2)23,21(14,9-13)17(11)25)18(26)16(20)19(3,4)8-7-15(20)24/h7-8,13-14,16,18,26H,1,5-6,9-10H2,2-4H3/t13-,14+,16-,18+,20-,21+,22-/m1/s1. The molecule has 28 heavy (non-hydrogen) atoms. The molecule has 6 rings (SSSR count). The Kier molecular flexibility index (Phi) is 3.28. The second-order valence-corrected chi connectivity index (χ2v) is 9.89. The highest BCUT2D eigenvalue weighted by Gasteiger charge is 2.86. The molecule has 0 aromatic heterocycles. The van der Waals surface area contributed by atoms with Gasteiger partial charge < -0.3 is 14.6 Å². The van der Waals surface area contributed by atoms with Crippen LogP contribution in [0.4, 0.5) is 0 Å². The first-order chi connectivity index (χ1) is 13.0. The fourth-order valence-electron chi connectivity index (χ4n) is 7.53. The van der Waals surface area contributed by atoms with Gasteiger partial charge in [0.15, 0.2) is 11.6 Å². The number of aliphatic hydroxyl groups is 1. The van der Waals surface area contributed by atoms with Crippen molar-refractivity contribution in [2.24, 2.45) is 34.0 Å². The first kappa shape index (κ1) is 18.3. The third-order valence-corrected chi connectivity index (χ3v) is 8.41. The summed E-state index contributed by atoms with van der Waals surface area (Å²) < 4.78 is 11.9. The zero-order valence-corrected chi connectivity index (χ0v) is 16.5. The first-order valence-corrected chi connectivity index (χ1v) is 10.0. The quantitative estimate of drug-likeness (QED) is 0.547. The molecular weight excluding hydrogens is 360 g/mol. The fourth-order valence-corrected chi connectivity index (χ4v) is 7.53. The summed E-state index contributed by atoms with van der Waals surface area (Å²) in [7, 11) is 0. The Morgan fingerprint density at radius 2 is 2.04 bits per heavy atom. The molecule has 3 saturated carbocycles. The van der Waals surface area contributed by atoms with Crippen molar-refractivity contribution in [3.63, 3.8) is 0 Å². The maximum absolute atomic E-state index is 13.6. The van der Waals surface area contributed by atoms with E-state index < -0.39 is 40.0 Å². The van der Waals surface area contributed by atoms with E-state index in [2.05, 4.69) is 6.58 Å². The molecule has 5 fully saturated rings. The number of hydrogen-bond donors (Lipinski definition) is 1. The maximum atomic E-state index is 13.6. The number of carbonyl (C=O) groups is 3. The number of Topliss-reactive ketones (excluding diaryl/α,β-unsaturated/α-hetero) is 1. The minimum Gasteiger partial charge on any atom is -0.429 e. The van der Waals surface area contributed by atoms with Gasteiger partial charge in [0.05, 0.1) is 12.0 Å². The van der Waals surface area contributed by atoms with Crippen molar-refractivity contribution in [3.8, 4) is 0 Å². The van der Waals surface area contributed by atoms with Gasteiger partial charge in [0, 0.05) is 12.8 Å². The topological polar surface area (TPSA) is 89.9 Å². The van der Waals surface area contributed by atoms with Crippen molar-refractivity contribution in [1.82, 2.24) is 0 Å². The molecule has 6 aliphatic rings. The van der Waals surface area contributed by atoms with E-state index in [0.29, 0.717) is 18.4 Å². The van der Waals surface area contributed by atoms with Crippen molar-refractivity contribution in [1.29, 1.82) is 0 Å². The molecule has 0 amide bonds. The Hall–Kier alpha value is -1.79. The molecule has 1 N–H and O–H groups in total. The maximum Gasteiger partial charge on any atom is 0.305 e. The van der Waals surface area contributed by atoms with Crippen LogP contribution in [0.5, 0.6) is 0 Å². The molecule has 6 nitrogen and oxygen atoms in total. The van der Waals surface area contributed by atoms with E-state index in [1.807, 2.05) is 19.9 Å². The molecule has 0 aromatic rings. The normalized spacial score (nSPS) is 50.4. The lowest BCUT2D eigenvalue weighted by Crippen LogP contribution is -2.83. The van der Waals surface area contributed by atoms with Crippen LogP contribution in [0.1, 0.15) is 40.0 Å². The third kappa shape index (κ3) is 1.64. The average molecular weight is 386 g/mol. The summed E-state index contributed by atoms with van der Waals surface area (Å²) in [5, 5.41) is 11.6. The Balaban J connectivity index is 1.83. The van der Waals surface area contributed by atoms with E-state index in [-0.39, 0.29) is 30.0 Å². The van der Waals surface area contributed by atoms with Crippen molar-refractivity contribution >= 4 is 17.5 Å². The van der Waals surface area contributed by atoms with E-state index in [9.17, 15) is 19.5 Å². The highest BCUT2D eigenvalue weighted by Crippen LogP contribution is 2.75. The van der Waals surface area contributed by atoms with Gasteiger partial charge in [0.1, 0.15) is 11.5 Å². The molecule has 0 radical (unpaired) electrons. The van der Waals surface area contributed by atoms with Crippen LogP contribution in [0.3, 0.4) is 0 Å². The number of ether oxygens (including phenoxy) is 2. The molecule has 0 aromatic carbocycles. The summed E-state index contributed by atoms with van der Waals surface area (Å²) >= 11 is 0. The van der Waals surface area contributed by atoms with E-state index >= 15 is 0 Å². The summed E-state index contributed by atoms with van der Waals surface area (Å²) in [5.41, 5.74) is -2.25. The zero-order chi connectivity index (χ0) is 20.3. The molecule has 4 bridgehead atoms. The van der Waals surface area contributed by atoms with Gasteiger partial charge in [-0.1, -0.05) is 26.5 Å². The largest absolute Gasteiger partial charge is 0.429 e. The van der Waals surface area contributed by atoms with Crippen LogP contribution in [0.15, 0.2) is 24.3 Å². The van der Waals surface area contributed by atoms with Gasteiger partial charge in [-0.2, -0.15) is 0 Å². The van der Waals surface area contributed by atoms with Crippen LogP contribution < -0.4 is 0 Å². The SMILES string of the molecule is C=C1C(=O)[C@]23C[C@H]1CC[C@H]2[C@@]12CO[C@@]3(OC(C)=O)[C@@H](O)[C@@H]1C(C)(C)C=CC2=O. The van der Waals surface area contributed by atoms with Gasteiger partial charge in [-0.15, -0.1) is 0 Å². The van der Waals surface area contributed by atoms with Gasteiger partial charge in [0.25, 0.3) is 5.79 Å². The van der Waals surface area contributed by atoms with E-state index in [4.69, 9.17) is 9.47 Å².